The van der Waals surface area contributed by atoms with Crippen LogP contribution in [0.5, 0.6) is 0 Å². The molecule has 0 spiro atoms. The second-order valence-electron chi connectivity index (χ2n) is 6.94. The van der Waals surface area contributed by atoms with Crippen LogP contribution in [0.25, 0.3) is 0 Å². The van der Waals surface area contributed by atoms with Gasteiger partial charge in [-0.15, -0.1) is 11.3 Å². The Balaban J connectivity index is 1.42. The standard InChI is InChI=1S/C20H23N3O2S/c21-15-7-3-8-16-14(15)6-4-10-23(16)19(24)12-22-20(25)18-11-13-5-1-2-9-17(13)26-18/h3,7-8,11H,1-2,4-6,9-10,12,21H2,(H,22,25). The number of benzene rings is 1. The Morgan fingerprint density at radius 3 is 2.85 bits per heavy atom. The molecule has 0 unspecified atom stereocenters. The third-order valence-electron chi connectivity index (χ3n) is 5.21. The van der Waals surface area contributed by atoms with Gasteiger partial charge in [-0.1, -0.05) is 6.07 Å². The molecule has 1 aromatic heterocycles. The summed E-state index contributed by atoms with van der Waals surface area (Å²) in [7, 11) is 0. The molecule has 0 saturated heterocycles. The molecule has 1 aromatic carbocycles. The summed E-state index contributed by atoms with van der Waals surface area (Å²) in [6.07, 6.45) is 6.30. The smallest absolute Gasteiger partial charge is 0.261 e. The molecule has 2 aliphatic rings. The fourth-order valence-corrected chi connectivity index (χ4v) is 5.02. The van der Waals surface area contributed by atoms with Crippen molar-refractivity contribution in [3.8, 4) is 0 Å². The molecule has 0 saturated carbocycles. The van der Waals surface area contributed by atoms with E-state index >= 15 is 0 Å². The summed E-state index contributed by atoms with van der Waals surface area (Å²) in [6, 6.07) is 7.66. The minimum atomic E-state index is -0.150. The number of nitrogens with one attached hydrogen (secondary N) is 1. The van der Waals surface area contributed by atoms with Crippen LogP contribution >= 0.6 is 11.3 Å². The van der Waals surface area contributed by atoms with Crippen LogP contribution in [0.4, 0.5) is 11.4 Å². The van der Waals surface area contributed by atoms with Crippen molar-refractivity contribution >= 4 is 34.5 Å². The Labute approximate surface area is 157 Å². The zero-order valence-electron chi connectivity index (χ0n) is 14.7. The van der Waals surface area contributed by atoms with Gasteiger partial charge < -0.3 is 16.0 Å². The lowest BCUT2D eigenvalue weighted by Crippen LogP contribution is -2.42. The van der Waals surface area contributed by atoms with Crippen molar-refractivity contribution in [2.75, 3.05) is 23.7 Å². The van der Waals surface area contributed by atoms with E-state index in [9.17, 15) is 9.59 Å². The number of hydrogen-bond acceptors (Lipinski definition) is 4. The average molecular weight is 369 g/mol. The number of fused-ring (bicyclic) bond motifs is 2. The van der Waals surface area contributed by atoms with E-state index in [1.165, 1.54) is 23.3 Å². The quantitative estimate of drug-likeness (QED) is 0.817. The van der Waals surface area contributed by atoms with Crippen LogP contribution < -0.4 is 16.0 Å². The molecule has 1 aliphatic heterocycles. The SMILES string of the molecule is Nc1cccc2c1CCCN2C(=O)CNC(=O)c1cc2c(s1)CCCC2. The fourth-order valence-electron chi connectivity index (χ4n) is 3.85. The van der Waals surface area contributed by atoms with E-state index in [2.05, 4.69) is 5.32 Å². The Kier molecular flexibility index (Phi) is 4.68. The Bertz CT molecular complexity index is 835. The van der Waals surface area contributed by atoms with Gasteiger partial charge in [0.05, 0.1) is 11.4 Å². The van der Waals surface area contributed by atoms with Crippen molar-refractivity contribution in [1.82, 2.24) is 5.32 Å². The van der Waals surface area contributed by atoms with Gasteiger partial charge in [-0.3, -0.25) is 9.59 Å². The molecule has 26 heavy (non-hydrogen) atoms. The summed E-state index contributed by atoms with van der Waals surface area (Å²) in [5.41, 5.74) is 9.99. The van der Waals surface area contributed by atoms with E-state index in [4.69, 9.17) is 5.73 Å². The highest BCUT2D eigenvalue weighted by atomic mass is 32.1. The lowest BCUT2D eigenvalue weighted by atomic mass is 9.99. The summed E-state index contributed by atoms with van der Waals surface area (Å²) in [5, 5.41) is 2.80. The summed E-state index contributed by atoms with van der Waals surface area (Å²) in [6.45, 7) is 0.675. The third kappa shape index (κ3) is 3.21. The van der Waals surface area contributed by atoms with Crippen molar-refractivity contribution in [3.05, 3.63) is 45.1 Å². The minimum Gasteiger partial charge on any atom is -0.398 e. The normalized spacial score (nSPS) is 15.9. The molecular weight excluding hydrogens is 346 g/mol. The number of carbonyl (C=O) groups excluding carboxylic acids is 2. The number of carbonyl (C=O) groups is 2. The molecular formula is C20H23N3O2S. The second kappa shape index (κ2) is 7.11. The molecule has 1 aliphatic carbocycles. The molecule has 2 heterocycles. The van der Waals surface area contributed by atoms with E-state index in [0.717, 1.165) is 42.6 Å². The van der Waals surface area contributed by atoms with Crippen molar-refractivity contribution in [1.29, 1.82) is 0 Å². The number of anilines is 2. The first kappa shape index (κ1) is 17.1. The molecule has 5 nitrogen and oxygen atoms in total. The van der Waals surface area contributed by atoms with Crippen molar-refractivity contribution in [2.24, 2.45) is 0 Å². The van der Waals surface area contributed by atoms with Crippen LogP contribution in [0.2, 0.25) is 0 Å². The third-order valence-corrected chi connectivity index (χ3v) is 6.44. The number of nitrogens with zero attached hydrogens (tertiary/aromatic N) is 1. The van der Waals surface area contributed by atoms with Gasteiger partial charge in [0.25, 0.3) is 5.91 Å². The molecule has 136 valence electrons. The van der Waals surface area contributed by atoms with Gasteiger partial charge >= 0.3 is 0 Å². The monoisotopic (exact) mass is 369 g/mol. The molecule has 3 N–H and O–H groups in total. The summed E-state index contributed by atoms with van der Waals surface area (Å²) in [4.78, 5) is 28.9. The van der Waals surface area contributed by atoms with Gasteiger partial charge in [-0.05, 0) is 67.9 Å². The molecule has 0 atom stereocenters. The number of aryl methyl sites for hydroxylation is 2. The lowest BCUT2D eigenvalue weighted by Gasteiger charge is -2.30. The fraction of sp³-hybridized carbons (Fsp3) is 0.400. The maximum Gasteiger partial charge on any atom is 0.261 e. The molecule has 2 amide bonds. The van der Waals surface area contributed by atoms with E-state index in [1.54, 1.807) is 16.2 Å². The topological polar surface area (TPSA) is 75.4 Å². The maximum atomic E-state index is 12.7. The number of hydrogen-bond donors (Lipinski definition) is 2. The number of amides is 2. The van der Waals surface area contributed by atoms with Gasteiger partial charge in [0.1, 0.15) is 0 Å². The van der Waals surface area contributed by atoms with Crippen molar-refractivity contribution < 1.29 is 9.59 Å². The molecule has 0 fully saturated rings. The first-order chi connectivity index (χ1) is 12.6. The van der Waals surface area contributed by atoms with Crippen LogP contribution in [-0.2, 0) is 24.1 Å². The number of nitrogen functional groups attached to an aromatic ring is 1. The summed E-state index contributed by atoms with van der Waals surface area (Å²) >= 11 is 1.57. The van der Waals surface area contributed by atoms with Gasteiger partial charge in [0, 0.05) is 22.8 Å². The highest BCUT2D eigenvalue weighted by Crippen LogP contribution is 2.31. The van der Waals surface area contributed by atoms with E-state index in [1.807, 2.05) is 24.3 Å². The summed E-state index contributed by atoms with van der Waals surface area (Å²) < 4.78 is 0. The van der Waals surface area contributed by atoms with Crippen LogP contribution in [0, 0.1) is 0 Å². The molecule has 0 radical (unpaired) electrons. The van der Waals surface area contributed by atoms with Gasteiger partial charge in [0.2, 0.25) is 5.91 Å². The molecule has 4 rings (SSSR count). The lowest BCUT2D eigenvalue weighted by molar-refractivity contribution is -0.117. The van der Waals surface area contributed by atoms with Crippen LogP contribution in [-0.4, -0.2) is 24.9 Å². The van der Waals surface area contributed by atoms with Crippen molar-refractivity contribution in [3.63, 3.8) is 0 Å². The maximum absolute atomic E-state index is 12.7. The number of nitrogens with two attached hydrogens (primary N) is 1. The first-order valence-electron chi connectivity index (χ1n) is 9.21. The second-order valence-corrected chi connectivity index (χ2v) is 8.08. The highest BCUT2D eigenvalue weighted by molar-refractivity contribution is 7.14. The van der Waals surface area contributed by atoms with Crippen LogP contribution in [0.1, 0.15) is 44.9 Å². The number of rotatable bonds is 3. The first-order valence-corrected chi connectivity index (χ1v) is 10.0. The van der Waals surface area contributed by atoms with E-state index < -0.39 is 0 Å². The molecule has 0 bridgehead atoms. The average Bonchev–Trinajstić information content (AvgIpc) is 3.10. The zero-order chi connectivity index (χ0) is 18.1. The highest BCUT2D eigenvalue weighted by Gasteiger charge is 2.24. The Hall–Kier alpha value is -2.34. The van der Waals surface area contributed by atoms with Gasteiger partial charge in [0.15, 0.2) is 0 Å². The van der Waals surface area contributed by atoms with Crippen LogP contribution in [0.15, 0.2) is 24.3 Å². The van der Waals surface area contributed by atoms with Crippen LogP contribution in [0.3, 0.4) is 0 Å². The number of thiophene rings is 1. The molecule has 6 heteroatoms. The predicted molar refractivity (Wildman–Crippen MR) is 105 cm³/mol. The van der Waals surface area contributed by atoms with Crippen molar-refractivity contribution in [2.45, 2.75) is 38.5 Å². The van der Waals surface area contributed by atoms with E-state index in [0.29, 0.717) is 11.4 Å². The zero-order valence-corrected chi connectivity index (χ0v) is 15.5. The van der Waals surface area contributed by atoms with Gasteiger partial charge in [-0.25, -0.2) is 0 Å². The Morgan fingerprint density at radius 2 is 2.00 bits per heavy atom. The minimum absolute atomic E-state index is 0.00956. The summed E-state index contributed by atoms with van der Waals surface area (Å²) in [5.74, 6) is -0.242. The largest absolute Gasteiger partial charge is 0.398 e. The predicted octanol–water partition coefficient (Wildman–Crippen LogP) is 2.92. The Morgan fingerprint density at radius 1 is 1.15 bits per heavy atom. The van der Waals surface area contributed by atoms with E-state index in [-0.39, 0.29) is 18.4 Å². The molecule has 2 aromatic rings. The van der Waals surface area contributed by atoms with Gasteiger partial charge in [-0.2, -0.15) is 0 Å².